The summed E-state index contributed by atoms with van der Waals surface area (Å²) in [5.74, 6) is 0.764. The molecule has 0 saturated heterocycles. The molecule has 3 aromatic heterocycles. The third kappa shape index (κ3) is 3.06. The van der Waals surface area contributed by atoms with Gasteiger partial charge in [0.15, 0.2) is 0 Å². The molecule has 3 heterocycles. The largest absolute Gasteiger partial charge is 0.494 e. The summed E-state index contributed by atoms with van der Waals surface area (Å²) in [7, 11) is 0. The summed E-state index contributed by atoms with van der Waals surface area (Å²) in [6.45, 7) is 6.56. The van der Waals surface area contributed by atoms with Crippen LogP contribution in [0.5, 0.6) is 5.88 Å². The fourth-order valence-corrected chi connectivity index (χ4v) is 3.71. The van der Waals surface area contributed by atoms with E-state index in [0.717, 1.165) is 27.7 Å². The van der Waals surface area contributed by atoms with Gasteiger partial charge in [0.2, 0.25) is 5.88 Å². The SMILES string of the molecule is CC(C)(C)c1ccc(-n2cc3ccnc(Nc4ccc5cn[nH]c5c4)c3c2O)cc1. The summed E-state index contributed by atoms with van der Waals surface area (Å²) in [6.07, 6.45) is 5.46. The zero-order chi connectivity index (χ0) is 20.9. The van der Waals surface area contributed by atoms with Crippen LogP contribution in [0.2, 0.25) is 0 Å². The van der Waals surface area contributed by atoms with Crippen LogP contribution >= 0.6 is 0 Å². The fraction of sp³-hybridized carbons (Fsp3) is 0.167. The van der Waals surface area contributed by atoms with Crippen LogP contribution in [0, 0.1) is 0 Å². The molecule has 0 aliphatic carbocycles. The maximum Gasteiger partial charge on any atom is 0.207 e. The first-order valence-electron chi connectivity index (χ1n) is 9.90. The normalized spacial score (nSPS) is 12.0. The van der Waals surface area contributed by atoms with Gasteiger partial charge in [0.1, 0.15) is 5.82 Å². The number of pyridine rings is 1. The number of hydrogen-bond acceptors (Lipinski definition) is 4. The molecule has 2 aromatic carbocycles. The van der Waals surface area contributed by atoms with Gasteiger partial charge >= 0.3 is 0 Å². The second-order valence-corrected chi connectivity index (χ2v) is 8.54. The van der Waals surface area contributed by atoms with Gasteiger partial charge in [-0.25, -0.2) is 4.98 Å². The fourth-order valence-electron chi connectivity index (χ4n) is 3.71. The molecule has 6 nitrogen and oxygen atoms in total. The van der Waals surface area contributed by atoms with Crippen LogP contribution in [0.15, 0.2) is 67.1 Å². The smallest absolute Gasteiger partial charge is 0.207 e. The molecule has 0 fully saturated rings. The van der Waals surface area contributed by atoms with Gasteiger partial charge in [-0.15, -0.1) is 0 Å². The minimum atomic E-state index is 0.0821. The minimum absolute atomic E-state index is 0.0821. The molecule has 0 radical (unpaired) electrons. The van der Waals surface area contributed by atoms with E-state index < -0.39 is 0 Å². The Morgan fingerprint density at radius 1 is 1.00 bits per heavy atom. The molecule has 0 spiro atoms. The third-order valence-electron chi connectivity index (χ3n) is 5.42. The van der Waals surface area contributed by atoms with Crippen LogP contribution in [0.4, 0.5) is 11.5 Å². The van der Waals surface area contributed by atoms with Crippen molar-refractivity contribution in [1.29, 1.82) is 0 Å². The summed E-state index contributed by atoms with van der Waals surface area (Å²) in [5.41, 5.74) is 4.04. The Labute approximate surface area is 174 Å². The lowest BCUT2D eigenvalue weighted by Gasteiger charge is -2.19. The Balaban J connectivity index is 1.56. The summed E-state index contributed by atoms with van der Waals surface area (Å²) in [5, 5.41) is 24.0. The molecule has 5 rings (SSSR count). The number of hydrogen-bond donors (Lipinski definition) is 3. The van der Waals surface area contributed by atoms with E-state index in [1.165, 1.54) is 5.56 Å². The van der Waals surface area contributed by atoms with Crippen molar-refractivity contribution < 1.29 is 5.11 Å². The Morgan fingerprint density at radius 3 is 2.57 bits per heavy atom. The molecule has 30 heavy (non-hydrogen) atoms. The van der Waals surface area contributed by atoms with Crippen LogP contribution in [0.3, 0.4) is 0 Å². The van der Waals surface area contributed by atoms with Crippen LogP contribution in [0.1, 0.15) is 26.3 Å². The van der Waals surface area contributed by atoms with Gasteiger partial charge in [-0.05, 0) is 47.4 Å². The monoisotopic (exact) mass is 397 g/mol. The molecule has 0 amide bonds. The van der Waals surface area contributed by atoms with E-state index in [-0.39, 0.29) is 11.3 Å². The number of rotatable bonds is 3. The summed E-state index contributed by atoms with van der Waals surface area (Å²) in [4.78, 5) is 4.47. The van der Waals surface area contributed by atoms with E-state index in [1.54, 1.807) is 17.0 Å². The molecule has 0 saturated carbocycles. The van der Waals surface area contributed by atoms with Crippen LogP contribution in [0.25, 0.3) is 27.4 Å². The van der Waals surface area contributed by atoms with Crippen molar-refractivity contribution in [3.8, 4) is 11.6 Å². The lowest BCUT2D eigenvalue weighted by molar-refractivity contribution is 0.448. The summed E-state index contributed by atoms with van der Waals surface area (Å²) >= 11 is 0. The van der Waals surface area contributed by atoms with Crippen molar-refractivity contribution >= 4 is 33.2 Å². The number of nitrogens with one attached hydrogen (secondary N) is 2. The van der Waals surface area contributed by atoms with Gasteiger partial charge in [0, 0.05) is 34.5 Å². The van der Waals surface area contributed by atoms with Crippen LogP contribution in [-0.2, 0) is 5.41 Å². The predicted octanol–water partition coefficient (Wildman–Crippen LogP) is 5.65. The van der Waals surface area contributed by atoms with Crippen molar-refractivity contribution in [2.45, 2.75) is 26.2 Å². The summed E-state index contributed by atoms with van der Waals surface area (Å²) in [6, 6.07) is 16.1. The molecular formula is C24H23N5O. The highest BCUT2D eigenvalue weighted by Crippen LogP contribution is 2.36. The first-order valence-corrected chi connectivity index (χ1v) is 9.90. The van der Waals surface area contributed by atoms with Gasteiger partial charge in [-0.3, -0.25) is 9.67 Å². The topological polar surface area (TPSA) is 78.8 Å². The van der Waals surface area contributed by atoms with E-state index in [0.29, 0.717) is 11.2 Å². The highest BCUT2D eigenvalue weighted by atomic mass is 16.3. The number of fused-ring (bicyclic) bond motifs is 2. The van der Waals surface area contributed by atoms with E-state index in [9.17, 15) is 5.11 Å². The first-order chi connectivity index (χ1) is 14.4. The summed E-state index contributed by atoms with van der Waals surface area (Å²) < 4.78 is 1.79. The molecule has 0 unspecified atom stereocenters. The zero-order valence-corrected chi connectivity index (χ0v) is 17.1. The Bertz CT molecular complexity index is 1360. The second kappa shape index (κ2) is 6.62. The molecule has 5 aromatic rings. The lowest BCUT2D eigenvalue weighted by atomic mass is 9.87. The molecule has 0 aliphatic heterocycles. The average Bonchev–Trinajstić information content (AvgIpc) is 3.32. The molecule has 0 bridgehead atoms. The van der Waals surface area contributed by atoms with Gasteiger partial charge < -0.3 is 10.4 Å². The van der Waals surface area contributed by atoms with Gasteiger partial charge in [-0.1, -0.05) is 32.9 Å². The van der Waals surface area contributed by atoms with Gasteiger partial charge in [0.25, 0.3) is 0 Å². The van der Waals surface area contributed by atoms with E-state index in [1.807, 2.05) is 42.6 Å². The highest BCUT2D eigenvalue weighted by Gasteiger charge is 2.17. The van der Waals surface area contributed by atoms with E-state index in [2.05, 4.69) is 53.4 Å². The van der Waals surface area contributed by atoms with E-state index in [4.69, 9.17) is 0 Å². The number of aromatic nitrogens is 4. The van der Waals surface area contributed by atoms with Crippen molar-refractivity contribution in [3.05, 3.63) is 72.7 Å². The number of aromatic amines is 1. The zero-order valence-electron chi connectivity index (χ0n) is 17.1. The molecule has 150 valence electrons. The van der Waals surface area contributed by atoms with Gasteiger partial charge in [-0.2, -0.15) is 5.10 Å². The van der Waals surface area contributed by atoms with E-state index >= 15 is 0 Å². The highest BCUT2D eigenvalue weighted by molar-refractivity contribution is 5.98. The minimum Gasteiger partial charge on any atom is -0.494 e. The predicted molar refractivity (Wildman–Crippen MR) is 121 cm³/mol. The number of benzene rings is 2. The maximum absolute atomic E-state index is 11.0. The standard InChI is InChI=1S/C24H23N5O/c1-24(2,3)17-5-8-19(9-6-17)29-14-16-10-11-25-22(21(16)23(29)30)27-18-7-4-15-13-26-28-20(15)12-18/h4-14,30H,1-3H3,(H,25,27)(H,26,28). The van der Waals surface area contributed by atoms with Crippen LogP contribution in [-0.4, -0.2) is 24.9 Å². The van der Waals surface area contributed by atoms with Crippen molar-refractivity contribution in [1.82, 2.24) is 19.7 Å². The number of anilines is 2. The lowest BCUT2D eigenvalue weighted by Crippen LogP contribution is -2.10. The number of aromatic hydroxyl groups is 1. The number of H-pyrrole nitrogens is 1. The van der Waals surface area contributed by atoms with Crippen LogP contribution < -0.4 is 5.32 Å². The molecule has 0 atom stereocenters. The Kier molecular flexibility index (Phi) is 4.03. The Hall–Kier alpha value is -3.80. The molecule has 3 N–H and O–H groups in total. The maximum atomic E-state index is 11.0. The molecule has 6 heteroatoms. The molecular weight excluding hydrogens is 374 g/mol. The quantitative estimate of drug-likeness (QED) is 0.368. The van der Waals surface area contributed by atoms with Crippen molar-refractivity contribution in [2.24, 2.45) is 0 Å². The van der Waals surface area contributed by atoms with Crippen molar-refractivity contribution in [2.75, 3.05) is 5.32 Å². The second-order valence-electron chi connectivity index (χ2n) is 8.54. The van der Waals surface area contributed by atoms with Crippen molar-refractivity contribution in [3.63, 3.8) is 0 Å². The Morgan fingerprint density at radius 2 is 1.80 bits per heavy atom. The first kappa shape index (κ1) is 18.2. The average molecular weight is 397 g/mol. The number of nitrogens with zero attached hydrogens (tertiary/aromatic N) is 3. The third-order valence-corrected chi connectivity index (χ3v) is 5.42. The molecule has 0 aliphatic rings. The van der Waals surface area contributed by atoms with Gasteiger partial charge in [0.05, 0.1) is 17.1 Å².